The number of rotatable bonds is 5. The molecule has 1 saturated heterocycles. The molecule has 1 aliphatic rings. The number of hydrazine groups is 1. The minimum Gasteiger partial charge on any atom is -0.381 e. The fourth-order valence-electron chi connectivity index (χ4n) is 1.79. The topological polar surface area (TPSA) is 119 Å². The first kappa shape index (κ1) is 14.1. The summed E-state index contributed by atoms with van der Waals surface area (Å²) >= 11 is 0. The molecule has 2 rings (SSSR count). The molecule has 1 aromatic heterocycles. The van der Waals surface area contributed by atoms with E-state index in [4.69, 9.17) is 10.6 Å². The van der Waals surface area contributed by atoms with Crippen LogP contribution in [0, 0.1) is 5.92 Å². The fraction of sp³-hybridized carbons (Fsp3) is 0.600. The standard InChI is InChI=1S/C10H17N5O3S/c11-15-10-12-6-9(7-13-10)19(16,17)14-5-8-1-3-18-4-2-8/h6-8,14H,1-5,11H2,(H,12,13,15). The zero-order valence-electron chi connectivity index (χ0n) is 10.4. The fourth-order valence-corrected chi connectivity index (χ4v) is 2.80. The third-order valence-corrected chi connectivity index (χ3v) is 4.35. The molecule has 0 bridgehead atoms. The lowest BCUT2D eigenvalue weighted by Gasteiger charge is -2.22. The maximum absolute atomic E-state index is 12.0. The molecule has 0 aliphatic carbocycles. The normalized spacial score (nSPS) is 17.3. The summed E-state index contributed by atoms with van der Waals surface area (Å²) in [7, 11) is -3.57. The number of nitrogen functional groups attached to an aromatic ring is 1. The summed E-state index contributed by atoms with van der Waals surface area (Å²) in [4.78, 5) is 7.57. The van der Waals surface area contributed by atoms with Crippen LogP contribution < -0.4 is 16.0 Å². The molecule has 1 aromatic rings. The highest BCUT2D eigenvalue weighted by Gasteiger charge is 2.19. The van der Waals surface area contributed by atoms with E-state index in [0.29, 0.717) is 25.7 Å². The number of anilines is 1. The van der Waals surface area contributed by atoms with Gasteiger partial charge in [0.15, 0.2) is 0 Å². The average molecular weight is 287 g/mol. The number of ether oxygens (including phenoxy) is 1. The Kier molecular flexibility index (Phi) is 4.64. The lowest BCUT2D eigenvalue weighted by atomic mass is 10.0. The second kappa shape index (κ2) is 6.24. The van der Waals surface area contributed by atoms with Crippen molar-refractivity contribution in [1.29, 1.82) is 0 Å². The maximum Gasteiger partial charge on any atom is 0.243 e. The molecule has 0 unspecified atom stereocenters. The molecule has 0 radical (unpaired) electrons. The summed E-state index contributed by atoms with van der Waals surface area (Å²) < 4.78 is 31.8. The minimum atomic E-state index is -3.57. The monoisotopic (exact) mass is 287 g/mol. The van der Waals surface area contributed by atoms with Gasteiger partial charge >= 0.3 is 0 Å². The highest BCUT2D eigenvalue weighted by molar-refractivity contribution is 7.89. The van der Waals surface area contributed by atoms with Gasteiger partial charge in [-0.1, -0.05) is 0 Å². The number of hydrogen-bond donors (Lipinski definition) is 3. The van der Waals surface area contributed by atoms with Gasteiger partial charge in [-0.2, -0.15) is 0 Å². The van der Waals surface area contributed by atoms with Crippen LogP contribution in [0.2, 0.25) is 0 Å². The van der Waals surface area contributed by atoms with Crippen molar-refractivity contribution in [3.63, 3.8) is 0 Å². The van der Waals surface area contributed by atoms with Gasteiger partial charge in [-0.05, 0) is 18.8 Å². The van der Waals surface area contributed by atoms with E-state index >= 15 is 0 Å². The Morgan fingerprint density at radius 3 is 2.53 bits per heavy atom. The van der Waals surface area contributed by atoms with Gasteiger partial charge in [-0.15, -0.1) is 0 Å². The van der Waals surface area contributed by atoms with Gasteiger partial charge in [0.25, 0.3) is 0 Å². The SMILES string of the molecule is NNc1ncc(S(=O)(=O)NCC2CCOCC2)cn1. The predicted octanol–water partition coefficient (Wildman–Crippen LogP) is -0.533. The molecule has 8 nitrogen and oxygen atoms in total. The van der Waals surface area contributed by atoms with Gasteiger partial charge in [0.1, 0.15) is 4.90 Å². The minimum absolute atomic E-state index is 0.0264. The lowest BCUT2D eigenvalue weighted by Crippen LogP contribution is -2.32. The van der Waals surface area contributed by atoms with Crippen LogP contribution >= 0.6 is 0 Å². The smallest absolute Gasteiger partial charge is 0.243 e. The maximum atomic E-state index is 12.0. The highest BCUT2D eigenvalue weighted by Crippen LogP contribution is 2.15. The molecule has 1 fully saturated rings. The second-order valence-corrected chi connectivity index (χ2v) is 6.06. The first-order chi connectivity index (χ1) is 9.12. The number of nitrogens with zero attached hydrogens (tertiary/aromatic N) is 2. The van der Waals surface area contributed by atoms with Crippen LogP contribution in [0.4, 0.5) is 5.95 Å². The van der Waals surface area contributed by atoms with Crippen LogP contribution in [0.15, 0.2) is 17.3 Å². The van der Waals surface area contributed by atoms with Gasteiger partial charge in [-0.3, -0.25) is 5.43 Å². The van der Waals surface area contributed by atoms with E-state index in [1.54, 1.807) is 0 Å². The van der Waals surface area contributed by atoms with Crippen LogP contribution in [0.5, 0.6) is 0 Å². The highest BCUT2D eigenvalue weighted by atomic mass is 32.2. The molecule has 4 N–H and O–H groups in total. The molecular weight excluding hydrogens is 270 g/mol. The number of nitrogens with two attached hydrogens (primary N) is 1. The summed E-state index contributed by atoms with van der Waals surface area (Å²) in [6.07, 6.45) is 4.17. The molecule has 106 valence electrons. The molecule has 0 aromatic carbocycles. The largest absolute Gasteiger partial charge is 0.381 e. The summed E-state index contributed by atoms with van der Waals surface area (Å²) in [5, 5.41) is 0. The molecule has 2 heterocycles. The number of aromatic nitrogens is 2. The molecule has 0 atom stereocenters. The Hall–Kier alpha value is -1.29. The average Bonchev–Trinajstić information content (AvgIpc) is 2.46. The Morgan fingerprint density at radius 2 is 1.95 bits per heavy atom. The Bertz CT molecular complexity index is 498. The third-order valence-electron chi connectivity index (χ3n) is 2.97. The van der Waals surface area contributed by atoms with E-state index in [9.17, 15) is 8.42 Å². The summed E-state index contributed by atoms with van der Waals surface area (Å²) in [5.41, 5.74) is 2.24. The molecule has 0 spiro atoms. The molecule has 19 heavy (non-hydrogen) atoms. The quantitative estimate of drug-likeness (QED) is 0.492. The van der Waals surface area contributed by atoms with E-state index in [0.717, 1.165) is 12.8 Å². The van der Waals surface area contributed by atoms with Gasteiger partial charge in [0.05, 0.1) is 12.4 Å². The summed E-state index contributed by atoms with van der Waals surface area (Å²) in [6.45, 7) is 1.78. The first-order valence-electron chi connectivity index (χ1n) is 5.98. The van der Waals surface area contributed by atoms with Gasteiger partial charge < -0.3 is 4.74 Å². The zero-order valence-corrected chi connectivity index (χ0v) is 11.2. The van der Waals surface area contributed by atoms with Crippen molar-refractivity contribution in [2.45, 2.75) is 17.7 Å². The van der Waals surface area contributed by atoms with Crippen molar-refractivity contribution >= 4 is 16.0 Å². The van der Waals surface area contributed by atoms with Crippen molar-refractivity contribution in [1.82, 2.24) is 14.7 Å². The predicted molar refractivity (Wildman–Crippen MR) is 68.6 cm³/mol. The van der Waals surface area contributed by atoms with Crippen LogP contribution in [-0.2, 0) is 14.8 Å². The molecule has 0 saturated carbocycles. The number of nitrogens with one attached hydrogen (secondary N) is 2. The van der Waals surface area contributed by atoms with Crippen LogP contribution in [0.3, 0.4) is 0 Å². The van der Waals surface area contributed by atoms with Gasteiger partial charge in [0.2, 0.25) is 16.0 Å². The molecular formula is C10H17N5O3S. The Labute approximate surface area is 111 Å². The molecule has 1 aliphatic heterocycles. The van der Waals surface area contributed by atoms with E-state index in [1.165, 1.54) is 12.4 Å². The Morgan fingerprint density at radius 1 is 1.32 bits per heavy atom. The first-order valence-corrected chi connectivity index (χ1v) is 7.46. The van der Waals surface area contributed by atoms with E-state index in [-0.39, 0.29) is 10.8 Å². The second-order valence-electron chi connectivity index (χ2n) is 4.29. The van der Waals surface area contributed by atoms with E-state index in [1.807, 2.05) is 0 Å². The van der Waals surface area contributed by atoms with E-state index in [2.05, 4.69) is 20.1 Å². The van der Waals surface area contributed by atoms with Crippen molar-refractivity contribution < 1.29 is 13.2 Å². The van der Waals surface area contributed by atoms with Gasteiger partial charge in [-0.25, -0.2) is 29.0 Å². The van der Waals surface area contributed by atoms with Crippen LogP contribution in [0.25, 0.3) is 0 Å². The number of hydrogen-bond acceptors (Lipinski definition) is 7. The molecule has 9 heteroatoms. The summed E-state index contributed by atoms with van der Waals surface area (Å²) in [6, 6.07) is 0. The third kappa shape index (κ3) is 3.83. The molecule has 0 amide bonds. The number of sulfonamides is 1. The van der Waals surface area contributed by atoms with Crippen molar-refractivity contribution in [3.8, 4) is 0 Å². The lowest BCUT2D eigenvalue weighted by molar-refractivity contribution is 0.0678. The van der Waals surface area contributed by atoms with Crippen molar-refractivity contribution in [2.75, 3.05) is 25.2 Å². The van der Waals surface area contributed by atoms with Crippen LogP contribution in [-0.4, -0.2) is 38.1 Å². The zero-order chi connectivity index (χ0) is 13.7. The summed E-state index contributed by atoms with van der Waals surface area (Å²) in [5.74, 6) is 5.60. The van der Waals surface area contributed by atoms with Gasteiger partial charge in [0, 0.05) is 19.8 Å². The Balaban J connectivity index is 1.96. The van der Waals surface area contributed by atoms with Crippen LogP contribution in [0.1, 0.15) is 12.8 Å². The van der Waals surface area contributed by atoms with Crippen molar-refractivity contribution in [3.05, 3.63) is 12.4 Å². The van der Waals surface area contributed by atoms with E-state index < -0.39 is 10.0 Å². The van der Waals surface area contributed by atoms with Crippen molar-refractivity contribution in [2.24, 2.45) is 11.8 Å².